The SMILES string of the molecule is CCO[Si](OCC)(OCC)c1cc(-c2ccccc2)c2ccc3c(-c4ccccc4)ccnc3c2n1. The quantitative estimate of drug-likeness (QED) is 0.176. The lowest BCUT2D eigenvalue weighted by Gasteiger charge is -2.28. The molecule has 0 bridgehead atoms. The number of hydrogen-bond acceptors (Lipinski definition) is 5. The van der Waals surface area contributed by atoms with Crippen molar-refractivity contribution in [2.24, 2.45) is 0 Å². The van der Waals surface area contributed by atoms with Gasteiger partial charge >= 0.3 is 8.80 Å². The number of aromatic nitrogens is 2. The maximum atomic E-state index is 6.25. The van der Waals surface area contributed by atoms with Crippen LogP contribution in [0.2, 0.25) is 0 Å². The Hall–Kier alpha value is -3.42. The summed E-state index contributed by atoms with van der Waals surface area (Å²) in [5, 5.41) is 2.79. The van der Waals surface area contributed by atoms with Crippen molar-refractivity contribution >= 4 is 35.9 Å². The van der Waals surface area contributed by atoms with E-state index in [1.807, 2.05) is 51.2 Å². The number of hydrogen-bond donors (Lipinski definition) is 0. The van der Waals surface area contributed by atoms with Gasteiger partial charge in [0.15, 0.2) is 0 Å². The topological polar surface area (TPSA) is 53.5 Å². The monoisotopic (exact) mass is 494 g/mol. The number of benzene rings is 3. The molecule has 0 amide bonds. The van der Waals surface area contributed by atoms with E-state index in [2.05, 4.69) is 60.7 Å². The van der Waals surface area contributed by atoms with Crippen molar-refractivity contribution in [2.75, 3.05) is 19.8 Å². The molecule has 0 saturated carbocycles. The zero-order chi connectivity index (χ0) is 25.0. The Morgan fingerprint density at radius 2 is 1.14 bits per heavy atom. The van der Waals surface area contributed by atoms with Gasteiger partial charge in [-0.3, -0.25) is 4.98 Å². The molecular formula is C30H30N2O3Si. The molecule has 182 valence electrons. The first-order chi connectivity index (χ1) is 17.7. The highest BCUT2D eigenvalue weighted by Gasteiger charge is 2.45. The molecule has 5 nitrogen and oxygen atoms in total. The lowest BCUT2D eigenvalue weighted by Crippen LogP contribution is -2.58. The number of fused-ring (bicyclic) bond motifs is 3. The van der Waals surface area contributed by atoms with E-state index in [1.165, 1.54) is 0 Å². The van der Waals surface area contributed by atoms with Crippen LogP contribution in [0.1, 0.15) is 20.8 Å². The van der Waals surface area contributed by atoms with Gasteiger partial charge in [-0.2, -0.15) is 0 Å². The molecule has 0 fully saturated rings. The Balaban J connectivity index is 1.86. The Labute approximate surface area is 213 Å². The lowest BCUT2D eigenvalue weighted by molar-refractivity contribution is 0.0851. The van der Waals surface area contributed by atoms with Crippen LogP contribution >= 0.6 is 0 Å². The van der Waals surface area contributed by atoms with E-state index in [1.54, 1.807) is 0 Å². The molecule has 0 radical (unpaired) electrons. The van der Waals surface area contributed by atoms with Gasteiger partial charge in [0, 0.05) is 36.8 Å². The second-order valence-corrected chi connectivity index (χ2v) is 10.8. The molecule has 3 aromatic carbocycles. The Bertz CT molecular complexity index is 1460. The molecule has 36 heavy (non-hydrogen) atoms. The van der Waals surface area contributed by atoms with Gasteiger partial charge in [-0.1, -0.05) is 72.8 Å². The predicted octanol–water partition coefficient (Wildman–Crippen LogP) is 6.37. The van der Waals surface area contributed by atoms with E-state index in [-0.39, 0.29) is 0 Å². The average molecular weight is 495 g/mol. The van der Waals surface area contributed by atoms with Crippen LogP contribution in [0, 0.1) is 0 Å². The third kappa shape index (κ3) is 4.44. The Morgan fingerprint density at radius 1 is 0.611 bits per heavy atom. The van der Waals surface area contributed by atoms with Crippen LogP contribution in [-0.4, -0.2) is 38.6 Å². The summed E-state index contributed by atoms with van der Waals surface area (Å²) in [4.78, 5) is 10.00. The molecule has 0 spiro atoms. The van der Waals surface area contributed by atoms with E-state index < -0.39 is 8.80 Å². The maximum Gasteiger partial charge on any atom is 0.556 e. The molecule has 0 saturated heterocycles. The van der Waals surface area contributed by atoms with Crippen LogP contribution < -0.4 is 5.32 Å². The Morgan fingerprint density at radius 3 is 1.69 bits per heavy atom. The normalized spacial score (nSPS) is 11.9. The molecule has 2 aromatic heterocycles. The molecule has 5 rings (SSSR count). The van der Waals surface area contributed by atoms with E-state index >= 15 is 0 Å². The Kier molecular flexibility index (Phi) is 7.20. The van der Waals surface area contributed by atoms with Gasteiger partial charge in [0.1, 0.15) is 5.32 Å². The fraction of sp³-hybridized carbons (Fsp3) is 0.200. The van der Waals surface area contributed by atoms with E-state index in [4.69, 9.17) is 23.2 Å². The molecule has 0 unspecified atom stereocenters. The smallest absolute Gasteiger partial charge is 0.369 e. The third-order valence-electron chi connectivity index (χ3n) is 6.18. The molecule has 0 aliphatic carbocycles. The average Bonchev–Trinajstić information content (AvgIpc) is 2.93. The van der Waals surface area contributed by atoms with Crippen molar-refractivity contribution in [3.8, 4) is 22.3 Å². The van der Waals surface area contributed by atoms with Gasteiger partial charge < -0.3 is 13.3 Å². The summed E-state index contributed by atoms with van der Waals surface area (Å²) in [6.45, 7) is 7.29. The van der Waals surface area contributed by atoms with Gasteiger partial charge in [0.2, 0.25) is 0 Å². The third-order valence-corrected chi connectivity index (χ3v) is 9.07. The van der Waals surface area contributed by atoms with Crippen LogP contribution in [-0.2, 0) is 13.3 Å². The second-order valence-electron chi connectivity index (χ2n) is 8.36. The van der Waals surface area contributed by atoms with Crippen molar-refractivity contribution in [1.82, 2.24) is 9.97 Å². The molecule has 0 N–H and O–H groups in total. The fourth-order valence-electron chi connectivity index (χ4n) is 4.70. The highest BCUT2D eigenvalue weighted by atomic mass is 28.4. The molecule has 0 aliphatic rings. The highest BCUT2D eigenvalue weighted by Crippen LogP contribution is 2.35. The molecule has 6 heteroatoms. The summed E-state index contributed by atoms with van der Waals surface area (Å²) >= 11 is 0. The van der Waals surface area contributed by atoms with Crippen LogP contribution in [0.15, 0.2) is 91.1 Å². The standard InChI is InChI=1S/C30H30N2O3Si/c1-4-33-36(34-5-2,35-6-3)28-21-27(23-15-11-8-12-16-23)26-18-17-25-24(22-13-9-7-10-14-22)19-20-31-29(25)30(26)32-28/h7-21H,4-6H2,1-3H3. The summed E-state index contributed by atoms with van der Waals surface area (Å²) in [7, 11) is -3.26. The van der Waals surface area contributed by atoms with Gasteiger partial charge in [0.05, 0.1) is 11.0 Å². The van der Waals surface area contributed by atoms with E-state index in [9.17, 15) is 0 Å². The van der Waals surface area contributed by atoms with Crippen LogP contribution in [0.3, 0.4) is 0 Å². The van der Waals surface area contributed by atoms with Crippen molar-refractivity contribution in [3.05, 3.63) is 91.1 Å². The lowest BCUT2D eigenvalue weighted by atomic mass is 9.96. The summed E-state index contributed by atoms with van der Waals surface area (Å²) in [5.74, 6) is 0. The number of rotatable bonds is 9. The van der Waals surface area contributed by atoms with Crippen LogP contribution in [0.4, 0.5) is 0 Å². The van der Waals surface area contributed by atoms with Gasteiger partial charge in [0.25, 0.3) is 0 Å². The van der Waals surface area contributed by atoms with Crippen molar-refractivity contribution in [3.63, 3.8) is 0 Å². The minimum absolute atomic E-state index is 0.471. The summed E-state index contributed by atoms with van der Waals surface area (Å²) in [5.41, 5.74) is 6.08. The van der Waals surface area contributed by atoms with Crippen molar-refractivity contribution < 1.29 is 13.3 Å². The highest BCUT2D eigenvalue weighted by molar-refractivity contribution is 6.74. The first-order valence-corrected chi connectivity index (χ1v) is 14.2. The van der Waals surface area contributed by atoms with Gasteiger partial charge in [-0.15, -0.1) is 0 Å². The fourth-order valence-corrected chi connectivity index (χ4v) is 7.10. The minimum atomic E-state index is -3.26. The first-order valence-electron chi connectivity index (χ1n) is 12.5. The van der Waals surface area contributed by atoms with Gasteiger partial charge in [-0.05, 0) is 55.2 Å². The van der Waals surface area contributed by atoms with E-state index in [0.29, 0.717) is 25.1 Å². The van der Waals surface area contributed by atoms with Gasteiger partial charge in [-0.25, -0.2) is 4.98 Å². The maximum absolute atomic E-state index is 6.25. The molecule has 0 atom stereocenters. The van der Waals surface area contributed by atoms with Crippen LogP contribution in [0.5, 0.6) is 0 Å². The zero-order valence-electron chi connectivity index (χ0n) is 20.9. The van der Waals surface area contributed by atoms with Crippen LogP contribution in [0.25, 0.3) is 44.1 Å². The number of pyridine rings is 2. The summed E-state index contributed by atoms with van der Waals surface area (Å²) in [6, 6.07) is 29.2. The predicted molar refractivity (Wildman–Crippen MR) is 148 cm³/mol. The minimum Gasteiger partial charge on any atom is -0.369 e. The molecular weight excluding hydrogens is 464 g/mol. The molecule has 5 aromatic rings. The molecule has 0 aliphatic heterocycles. The first kappa shape index (κ1) is 24.3. The largest absolute Gasteiger partial charge is 0.556 e. The summed E-state index contributed by atoms with van der Waals surface area (Å²) < 4.78 is 18.8. The second kappa shape index (κ2) is 10.7. The van der Waals surface area contributed by atoms with E-state index in [0.717, 1.165) is 44.1 Å². The summed E-state index contributed by atoms with van der Waals surface area (Å²) in [6.07, 6.45) is 1.86. The van der Waals surface area contributed by atoms with Crippen molar-refractivity contribution in [2.45, 2.75) is 20.8 Å². The molecule has 2 heterocycles. The van der Waals surface area contributed by atoms with Crippen molar-refractivity contribution in [1.29, 1.82) is 0 Å². The number of nitrogens with zero attached hydrogens (tertiary/aromatic N) is 2. The zero-order valence-corrected chi connectivity index (χ0v) is 21.9.